The van der Waals surface area contributed by atoms with Crippen LogP contribution in [0.3, 0.4) is 0 Å². The largest absolute Gasteiger partial charge is 0.350 e. The second-order valence-electron chi connectivity index (χ2n) is 7.49. The maximum atomic E-state index is 12.2. The normalized spacial score (nSPS) is 17.5. The lowest BCUT2D eigenvalue weighted by Crippen LogP contribution is -2.46. The van der Waals surface area contributed by atoms with Gasteiger partial charge in [0.2, 0.25) is 17.7 Å². The van der Waals surface area contributed by atoms with E-state index in [0.717, 1.165) is 6.42 Å². The van der Waals surface area contributed by atoms with E-state index >= 15 is 0 Å². The zero-order chi connectivity index (χ0) is 18.4. The fourth-order valence-electron chi connectivity index (χ4n) is 2.85. The molecule has 0 radical (unpaired) electrons. The van der Waals surface area contributed by atoms with Gasteiger partial charge >= 0.3 is 0 Å². The molecule has 6 nitrogen and oxygen atoms in total. The Labute approximate surface area is 149 Å². The highest BCUT2D eigenvalue weighted by molar-refractivity contribution is 5.91. The maximum absolute atomic E-state index is 12.2. The van der Waals surface area contributed by atoms with E-state index in [-0.39, 0.29) is 42.1 Å². The van der Waals surface area contributed by atoms with Crippen molar-refractivity contribution in [1.82, 2.24) is 15.5 Å². The average Bonchev–Trinajstić information content (AvgIpc) is 2.91. The van der Waals surface area contributed by atoms with E-state index in [9.17, 15) is 14.4 Å². The smallest absolute Gasteiger partial charge is 0.239 e. The Balaban J connectivity index is 1.77. The van der Waals surface area contributed by atoms with E-state index in [0.29, 0.717) is 13.1 Å². The van der Waals surface area contributed by atoms with Crippen LogP contribution in [0.2, 0.25) is 0 Å². The Kier molecular flexibility index (Phi) is 6.17. The monoisotopic (exact) mass is 345 g/mol. The fourth-order valence-corrected chi connectivity index (χ4v) is 2.85. The fraction of sp³-hybridized carbons (Fsp3) is 0.526. The standard InChI is InChI=1S/C19H27N3O3/c1-19(2,3)21-16(23)12-20-18(25)15-11-17(24)22(13-15)10-9-14-7-5-4-6-8-14/h4-8,15H,9-13H2,1-3H3,(H,20,25)(H,21,23)/t15-/m0/s1. The number of rotatable bonds is 6. The number of amides is 3. The highest BCUT2D eigenvalue weighted by atomic mass is 16.2. The first-order valence-electron chi connectivity index (χ1n) is 8.65. The highest BCUT2D eigenvalue weighted by Crippen LogP contribution is 2.18. The van der Waals surface area contributed by atoms with Crippen LogP contribution in [0.5, 0.6) is 0 Å². The van der Waals surface area contributed by atoms with Crippen molar-refractivity contribution >= 4 is 17.7 Å². The van der Waals surface area contributed by atoms with Crippen LogP contribution < -0.4 is 10.6 Å². The lowest BCUT2D eigenvalue weighted by Gasteiger charge is -2.21. The average molecular weight is 345 g/mol. The molecule has 1 heterocycles. The van der Waals surface area contributed by atoms with E-state index < -0.39 is 0 Å². The molecule has 136 valence electrons. The minimum absolute atomic E-state index is 0.00442. The Morgan fingerprint density at radius 3 is 2.52 bits per heavy atom. The summed E-state index contributed by atoms with van der Waals surface area (Å²) in [6.07, 6.45) is 0.983. The lowest BCUT2D eigenvalue weighted by atomic mass is 10.1. The summed E-state index contributed by atoms with van der Waals surface area (Å²) in [6.45, 7) is 6.60. The molecule has 1 saturated heterocycles. The quantitative estimate of drug-likeness (QED) is 0.811. The summed E-state index contributed by atoms with van der Waals surface area (Å²) >= 11 is 0. The molecule has 1 aliphatic rings. The minimum Gasteiger partial charge on any atom is -0.350 e. The molecule has 1 aliphatic heterocycles. The van der Waals surface area contributed by atoms with Crippen molar-refractivity contribution in [3.8, 4) is 0 Å². The first-order chi connectivity index (χ1) is 11.7. The summed E-state index contributed by atoms with van der Waals surface area (Å²) in [5.74, 6) is -0.855. The van der Waals surface area contributed by atoms with Gasteiger partial charge in [-0.3, -0.25) is 14.4 Å². The number of carbonyl (C=O) groups excluding carboxylic acids is 3. The molecule has 0 saturated carbocycles. The van der Waals surface area contributed by atoms with Crippen LogP contribution in [-0.2, 0) is 20.8 Å². The van der Waals surface area contributed by atoms with E-state index in [4.69, 9.17) is 0 Å². The van der Waals surface area contributed by atoms with Crippen molar-refractivity contribution in [2.75, 3.05) is 19.6 Å². The number of likely N-dealkylation sites (tertiary alicyclic amines) is 1. The molecule has 0 aromatic heterocycles. The van der Waals surface area contributed by atoms with Crippen molar-refractivity contribution in [2.24, 2.45) is 5.92 Å². The third-order valence-corrected chi connectivity index (χ3v) is 4.04. The molecule has 6 heteroatoms. The summed E-state index contributed by atoms with van der Waals surface area (Å²) in [7, 11) is 0. The molecular weight excluding hydrogens is 318 g/mol. The number of carbonyl (C=O) groups is 3. The Bertz CT molecular complexity index is 623. The first kappa shape index (κ1) is 19.0. The SMILES string of the molecule is CC(C)(C)NC(=O)CNC(=O)[C@H]1CC(=O)N(CCc2ccccc2)C1. The number of nitrogens with zero attached hydrogens (tertiary/aromatic N) is 1. The van der Waals surface area contributed by atoms with Crippen molar-refractivity contribution in [1.29, 1.82) is 0 Å². The summed E-state index contributed by atoms with van der Waals surface area (Å²) in [4.78, 5) is 37.8. The van der Waals surface area contributed by atoms with E-state index in [2.05, 4.69) is 10.6 Å². The van der Waals surface area contributed by atoms with Crippen molar-refractivity contribution < 1.29 is 14.4 Å². The molecule has 1 fully saturated rings. The molecule has 0 spiro atoms. The molecule has 2 N–H and O–H groups in total. The number of hydrogen-bond acceptors (Lipinski definition) is 3. The minimum atomic E-state index is -0.384. The van der Waals surface area contributed by atoms with Crippen LogP contribution in [0.25, 0.3) is 0 Å². The van der Waals surface area contributed by atoms with Crippen LogP contribution in [0, 0.1) is 5.92 Å². The van der Waals surface area contributed by atoms with Gasteiger partial charge in [-0.05, 0) is 32.8 Å². The summed E-state index contributed by atoms with van der Waals surface area (Å²) in [5.41, 5.74) is 0.835. The highest BCUT2D eigenvalue weighted by Gasteiger charge is 2.34. The van der Waals surface area contributed by atoms with Crippen LogP contribution in [0.15, 0.2) is 30.3 Å². The van der Waals surface area contributed by atoms with Gasteiger partial charge < -0.3 is 15.5 Å². The Morgan fingerprint density at radius 1 is 1.20 bits per heavy atom. The number of benzene rings is 1. The zero-order valence-electron chi connectivity index (χ0n) is 15.2. The molecular formula is C19H27N3O3. The molecule has 0 aliphatic carbocycles. The first-order valence-corrected chi connectivity index (χ1v) is 8.65. The number of nitrogens with one attached hydrogen (secondary N) is 2. The summed E-state index contributed by atoms with van der Waals surface area (Å²) in [5, 5.41) is 5.42. The van der Waals surface area contributed by atoms with Gasteiger partial charge in [0.1, 0.15) is 0 Å². The van der Waals surface area contributed by atoms with Gasteiger partial charge in [-0.15, -0.1) is 0 Å². The lowest BCUT2D eigenvalue weighted by molar-refractivity contribution is -0.129. The van der Waals surface area contributed by atoms with Crippen molar-refractivity contribution in [2.45, 2.75) is 39.2 Å². The molecule has 3 amide bonds. The predicted molar refractivity (Wildman–Crippen MR) is 95.7 cm³/mol. The van der Waals surface area contributed by atoms with Crippen LogP contribution >= 0.6 is 0 Å². The van der Waals surface area contributed by atoms with Gasteiger partial charge in [-0.25, -0.2) is 0 Å². The van der Waals surface area contributed by atoms with Gasteiger partial charge in [0, 0.05) is 25.0 Å². The topological polar surface area (TPSA) is 78.5 Å². The van der Waals surface area contributed by atoms with Crippen molar-refractivity contribution in [3.63, 3.8) is 0 Å². The second kappa shape index (κ2) is 8.14. The third-order valence-electron chi connectivity index (χ3n) is 4.04. The molecule has 25 heavy (non-hydrogen) atoms. The molecule has 2 rings (SSSR count). The number of hydrogen-bond donors (Lipinski definition) is 2. The molecule has 1 aromatic rings. The van der Waals surface area contributed by atoms with Crippen LogP contribution in [0.1, 0.15) is 32.8 Å². The summed E-state index contributed by atoms with van der Waals surface area (Å²) in [6, 6.07) is 9.96. The second-order valence-corrected chi connectivity index (χ2v) is 7.49. The van der Waals surface area contributed by atoms with E-state index in [1.807, 2.05) is 51.1 Å². The molecule has 0 unspecified atom stereocenters. The molecule has 1 aromatic carbocycles. The summed E-state index contributed by atoms with van der Waals surface area (Å²) < 4.78 is 0. The van der Waals surface area contributed by atoms with Gasteiger partial charge in [0.15, 0.2) is 0 Å². The van der Waals surface area contributed by atoms with Gasteiger partial charge in [0.25, 0.3) is 0 Å². The Morgan fingerprint density at radius 2 is 1.88 bits per heavy atom. The van der Waals surface area contributed by atoms with Gasteiger partial charge in [-0.1, -0.05) is 30.3 Å². The van der Waals surface area contributed by atoms with Crippen LogP contribution in [0.4, 0.5) is 0 Å². The Hall–Kier alpha value is -2.37. The van der Waals surface area contributed by atoms with Gasteiger partial charge in [0.05, 0.1) is 12.5 Å². The zero-order valence-corrected chi connectivity index (χ0v) is 15.2. The van der Waals surface area contributed by atoms with Crippen molar-refractivity contribution in [3.05, 3.63) is 35.9 Å². The van der Waals surface area contributed by atoms with E-state index in [1.165, 1.54) is 5.56 Å². The van der Waals surface area contributed by atoms with E-state index in [1.54, 1.807) is 4.90 Å². The predicted octanol–water partition coefficient (Wildman–Crippen LogP) is 1.11. The van der Waals surface area contributed by atoms with Crippen LogP contribution in [-0.4, -0.2) is 47.8 Å². The van der Waals surface area contributed by atoms with Gasteiger partial charge in [-0.2, -0.15) is 0 Å². The molecule has 0 bridgehead atoms. The molecule has 1 atom stereocenters. The third kappa shape index (κ3) is 6.21. The maximum Gasteiger partial charge on any atom is 0.239 e.